The van der Waals surface area contributed by atoms with Crippen LogP contribution in [-0.4, -0.2) is 46.9 Å². The van der Waals surface area contributed by atoms with Gasteiger partial charge in [0.2, 0.25) is 11.8 Å². The molecule has 0 aromatic rings. The van der Waals surface area contributed by atoms with E-state index in [4.69, 9.17) is 5.11 Å². The van der Waals surface area contributed by atoms with Gasteiger partial charge in [0.15, 0.2) is 0 Å². The van der Waals surface area contributed by atoms with E-state index in [1.807, 2.05) is 13.8 Å². The number of aliphatic carboxylic acids is 1. The smallest absolute Gasteiger partial charge is 0.322 e. The second kappa shape index (κ2) is 4.05. The Morgan fingerprint density at radius 1 is 1.39 bits per heavy atom. The molecule has 1 saturated heterocycles. The van der Waals surface area contributed by atoms with Crippen molar-refractivity contribution in [2.24, 2.45) is 17.3 Å². The topological polar surface area (TPSA) is 86.7 Å². The maximum absolute atomic E-state index is 12.0. The van der Waals surface area contributed by atoms with Gasteiger partial charge >= 0.3 is 5.97 Å². The average molecular weight is 254 g/mol. The van der Waals surface area contributed by atoms with Gasteiger partial charge in [-0.1, -0.05) is 20.8 Å². The van der Waals surface area contributed by atoms with Crippen LogP contribution in [0.1, 0.15) is 20.8 Å². The zero-order chi connectivity index (χ0) is 13.7. The van der Waals surface area contributed by atoms with Crippen LogP contribution in [0.3, 0.4) is 0 Å². The van der Waals surface area contributed by atoms with E-state index in [1.165, 1.54) is 0 Å². The molecule has 2 rings (SSSR count). The maximum atomic E-state index is 12.0. The lowest BCUT2D eigenvalue weighted by Crippen LogP contribution is -2.49. The van der Waals surface area contributed by atoms with Crippen LogP contribution in [0.2, 0.25) is 0 Å². The van der Waals surface area contributed by atoms with Crippen molar-refractivity contribution >= 4 is 17.8 Å². The van der Waals surface area contributed by atoms with Gasteiger partial charge in [-0.15, -0.1) is 0 Å². The molecule has 0 aromatic carbocycles. The number of carboxylic acid groups (broad SMARTS) is 1. The lowest BCUT2D eigenvalue weighted by atomic mass is 10.1. The number of likely N-dealkylation sites (tertiary alicyclic amines) is 1. The fraction of sp³-hybridized carbons (Fsp3) is 0.750. The van der Waals surface area contributed by atoms with E-state index in [0.29, 0.717) is 6.54 Å². The Balaban J connectivity index is 2.06. The van der Waals surface area contributed by atoms with Crippen LogP contribution in [0.5, 0.6) is 0 Å². The van der Waals surface area contributed by atoms with Crippen LogP contribution in [0.25, 0.3) is 0 Å². The first-order chi connectivity index (χ1) is 8.32. The zero-order valence-electron chi connectivity index (χ0n) is 10.8. The first-order valence-corrected chi connectivity index (χ1v) is 6.13. The van der Waals surface area contributed by atoms with Crippen molar-refractivity contribution in [2.45, 2.75) is 26.8 Å². The number of hydrogen-bond acceptors (Lipinski definition) is 4. The number of carboxylic acids is 1. The van der Waals surface area contributed by atoms with Crippen LogP contribution in [0, 0.1) is 17.3 Å². The van der Waals surface area contributed by atoms with E-state index in [2.05, 4.69) is 5.32 Å². The lowest BCUT2D eigenvalue weighted by Gasteiger charge is -2.24. The summed E-state index contributed by atoms with van der Waals surface area (Å²) >= 11 is 0. The molecule has 100 valence electrons. The van der Waals surface area contributed by atoms with Crippen molar-refractivity contribution < 1.29 is 19.5 Å². The number of imide groups is 1. The van der Waals surface area contributed by atoms with Crippen LogP contribution >= 0.6 is 0 Å². The van der Waals surface area contributed by atoms with Gasteiger partial charge in [0.25, 0.3) is 0 Å². The number of rotatable bonds is 5. The minimum Gasteiger partial charge on any atom is -0.480 e. The number of amides is 2. The first kappa shape index (κ1) is 13.0. The van der Waals surface area contributed by atoms with Gasteiger partial charge in [-0.3, -0.25) is 19.3 Å². The summed E-state index contributed by atoms with van der Waals surface area (Å²) in [5, 5.41) is 11.8. The lowest BCUT2D eigenvalue weighted by molar-refractivity contribution is -0.146. The van der Waals surface area contributed by atoms with Crippen molar-refractivity contribution in [1.29, 1.82) is 0 Å². The molecule has 3 unspecified atom stereocenters. The van der Waals surface area contributed by atoms with E-state index < -0.39 is 12.0 Å². The molecule has 1 aliphatic carbocycles. The number of piperidine rings is 1. The largest absolute Gasteiger partial charge is 0.480 e. The Labute approximate surface area is 105 Å². The summed E-state index contributed by atoms with van der Waals surface area (Å²) in [6.07, 6.45) is 0. The molecule has 0 bridgehead atoms. The highest BCUT2D eigenvalue weighted by molar-refractivity contribution is 6.10. The second-order valence-corrected chi connectivity index (χ2v) is 5.51. The van der Waals surface area contributed by atoms with Crippen LogP contribution in [0.15, 0.2) is 0 Å². The van der Waals surface area contributed by atoms with E-state index in [-0.39, 0.29) is 35.6 Å². The summed E-state index contributed by atoms with van der Waals surface area (Å²) in [7, 11) is 0. The molecule has 2 fully saturated rings. The first-order valence-electron chi connectivity index (χ1n) is 6.13. The quantitative estimate of drug-likeness (QED) is 0.657. The normalized spacial score (nSPS) is 30.3. The molecule has 0 radical (unpaired) electrons. The highest BCUT2D eigenvalue weighted by Crippen LogP contribution is 2.63. The molecule has 18 heavy (non-hydrogen) atoms. The Morgan fingerprint density at radius 3 is 2.28 bits per heavy atom. The molecule has 2 amide bonds. The summed E-state index contributed by atoms with van der Waals surface area (Å²) in [5.74, 6) is -1.99. The molecule has 1 aliphatic heterocycles. The number of nitrogens with zero attached hydrogens (tertiary/aromatic N) is 1. The Bertz CT molecular complexity index is 394. The number of carbonyl (C=O) groups excluding carboxylic acids is 2. The number of nitrogens with one attached hydrogen (secondary N) is 1. The zero-order valence-corrected chi connectivity index (χ0v) is 10.8. The third kappa shape index (κ3) is 1.71. The molecule has 2 aliphatic rings. The second-order valence-electron chi connectivity index (χ2n) is 5.51. The highest BCUT2D eigenvalue weighted by Gasteiger charge is 2.72. The van der Waals surface area contributed by atoms with Crippen LogP contribution in [0.4, 0.5) is 0 Å². The van der Waals surface area contributed by atoms with E-state index >= 15 is 0 Å². The minimum absolute atomic E-state index is 0.0794. The van der Waals surface area contributed by atoms with Gasteiger partial charge < -0.3 is 10.4 Å². The molecule has 6 nitrogen and oxygen atoms in total. The molecule has 1 saturated carbocycles. The van der Waals surface area contributed by atoms with Crippen LogP contribution < -0.4 is 5.32 Å². The van der Waals surface area contributed by atoms with Crippen molar-refractivity contribution in [3.8, 4) is 0 Å². The summed E-state index contributed by atoms with van der Waals surface area (Å²) in [6, 6.07) is -0.886. The standard InChI is InChI=1S/C12H18N2O4/c1-4-13-6(11(17)18)5-14-9(15)7-8(10(14)16)12(7,2)3/h6-8,13H,4-5H2,1-3H3,(H,17,18). The molecule has 2 N–H and O–H groups in total. The van der Waals surface area contributed by atoms with Crippen molar-refractivity contribution in [3.05, 3.63) is 0 Å². The van der Waals surface area contributed by atoms with Gasteiger partial charge in [-0.25, -0.2) is 0 Å². The SMILES string of the molecule is CCNC(CN1C(=O)C2C(C1=O)C2(C)C)C(=O)O. The van der Waals surface area contributed by atoms with Gasteiger partial charge in [0.05, 0.1) is 18.4 Å². The average Bonchev–Trinajstić information content (AvgIpc) is 2.74. The fourth-order valence-electron chi connectivity index (χ4n) is 2.84. The molecule has 0 aromatic heterocycles. The monoisotopic (exact) mass is 254 g/mol. The number of likely N-dealkylation sites (N-methyl/N-ethyl adjacent to an activating group) is 1. The summed E-state index contributed by atoms with van der Waals surface area (Å²) in [6.45, 7) is 5.97. The molecule has 6 heteroatoms. The predicted octanol–water partition coefficient (Wildman–Crippen LogP) is -0.310. The van der Waals surface area contributed by atoms with Gasteiger partial charge in [-0.2, -0.15) is 0 Å². The molecule has 0 spiro atoms. The van der Waals surface area contributed by atoms with E-state index in [0.717, 1.165) is 4.90 Å². The summed E-state index contributed by atoms with van der Waals surface area (Å²) in [5.41, 5.74) is -0.248. The Morgan fingerprint density at radius 2 is 1.89 bits per heavy atom. The molecular formula is C12H18N2O4. The number of fused-ring (bicyclic) bond motifs is 1. The Kier molecular flexibility index (Phi) is 2.93. The molecule has 1 heterocycles. The van der Waals surface area contributed by atoms with Gasteiger partial charge in [-0.05, 0) is 12.0 Å². The maximum Gasteiger partial charge on any atom is 0.322 e. The highest BCUT2D eigenvalue weighted by atomic mass is 16.4. The van der Waals surface area contributed by atoms with E-state index in [9.17, 15) is 14.4 Å². The van der Waals surface area contributed by atoms with Gasteiger partial charge in [0, 0.05) is 0 Å². The van der Waals surface area contributed by atoms with Crippen molar-refractivity contribution in [3.63, 3.8) is 0 Å². The molecule has 3 atom stereocenters. The third-order valence-corrected chi connectivity index (χ3v) is 4.01. The molecular weight excluding hydrogens is 236 g/mol. The predicted molar refractivity (Wildman–Crippen MR) is 62.6 cm³/mol. The summed E-state index contributed by atoms with van der Waals surface area (Å²) < 4.78 is 0. The fourth-order valence-corrected chi connectivity index (χ4v) is 2.84. The summed E-state index contributed by atoms with van der Waals surface area (Å²) in [4.78, 5) is 36.1. The minimum atomic E-state index is -1.04. The van der Waals surface area contributed by atoms with Gasteiger partial charge in [0.1, 0.15) is 6.04 Å². The van der Waals surface area contributed by atoms with Crippen molar-refractivity contribution in [2.75, 3.05) is 13.1 Å². The third-order valence-electron chi connectivity index (χ3n) is 4.01. The van der Waals surface area contributed by atoms with Crippen LogP contribution in [-0.2, 0) is 14.4 Å². The van der Waals surface area contributed by atoms with Crippen molar-refractivity contribution in [1.82, 2.24) is 10.2 Å². The van der Waals surface area contributed by atoms with E-state index in [1.54, 1.807) is 6.92 Å². The number of hydrogen-bond donors (Lipinski definition) is 2. The Hall–Kier alpha value is -1.43. The number of carbonyl (C=O) groups is 3.